The summed E-state index contributed by atoms with van der Waals surface area (Å²) >= 11 is 0. The summed E-state index contributed by atoms with van der Waals surface area (Å²) in [6.07, 6.45) is 2.64. The Kier molecular flexibility index (Phi) is 5.58. The predicted molar refractivity (Wildman–Crippen MR) is 94.4 cm³/mol. The summed E-state index contributed by atoms with van der Waals surface area (Å²) in [7, 11) is 0. The fourth-order valence-electron chi connectivity index (χ4n) is 2.39. The molecule has 2 heterocycles. The van der Waals surface area contributed by atoms with E-state index in [0.717, 1.165) is 6.08 Å². The molecule has 0 saturated heterocycles. The van der Waals surface area contributed by atoms with E-state index in [0.29, 0.717) is 11.5 Å². The number of hydrogen-bond acceptors (Lipinski definition) is 8. The van der Waals surface area contributed by atoms with Crippen molar-refractivity contribution in [1.29, 1.82) is 0 Å². The van der Waals surface area contributed by atoms with Crippen molar-refractivity contribution >= 4 is 23.6 Å². The number of amides is 1. The molecule has 1 aliphatic heterocycles. The molecule has 10 heteroatoms. The van der Waals surface area contributed by atoms with Gasteiger partial charge in [0.25, 0.3) is 11.6 Å². The van der Waals surface area contributed by atoms with Crippen LogP contribution >= 0.6 is 0 Å². The van der Waals surface area contributed by atoms with Gasteiger partial charge >= 0.3 is 5.97 Å². The number of nitro groups is 1. The predicted octanol–water partition coefficient (Wildman–Crippen LogP) is 2.18. The van der Waals surface area contributed by atoms with Crippen molar-refractivity contribution in [3.05, 3.63) is 58.0 Å². The zero-order chi connectivity index (χ0) is 20.1. The molecule has 146 valence electrons. The molecule has 0 fully saturated rings. The highest BCUT2D eigenvalue weighted by molar-refractivity contribution is 5.91. The number of nitrogens with one attached hydrogen (secondary N) is 1. The molecule has 10 nitrogen and oxygen atoms in total. The van der Waals surface area contributed by atoms with E-state index in [-0.39, 0.29) is 30.3 Å². The van der Waals surface area contributed by atoms with E-state index in [2.05, 4.69) is 5.32 Å². The number of rotatable bonds is 7. The Balaban J connectivity index is 1.60. The largest absolute Gasteiger partial charge is 0.467 e. The van der Waals surface area contributed by atoms with Gasteiger partial charge in [-0.15, -0.1) is 0 Å². The molecule has 1 aromatic heterocycles. The van der Waals surface area contributed by atoms with Crippen LogP contribution in [-0.4, -0.2) is 29.7 Å². The molecule has 0 bridgehead atoms. The standard InChI is InChI=1S/C18H16N2O8/c1-11(18(22)19-9-13-3-2-6-25-13)28-17(21)5-4-12-7-15-16(27-10-26-15)8-14(12)20(23)24/h2-8,11H,9-10H2,1H3,(H,19,22)/b5-4+/t11-/m0/s1. The molecule has 0 radical (unpaired) electrons. The lowest BCUT2D eigenvalue weighted by Gasteiger charge is -2.11. The maximum Gasteiger partial charge on any atom is 0.331 e. The van der Waals surface area contributed by atoms with E-state index in [4.69, 9.17) is 18.6 Å². The van der Waals surface area contributed by atoms with Crippen molar-refractivity contribution in [1.82, 2.24) is 5.32 Å². The number of esters is 1. The van der Waals surface area contributed by atoms with Crippen molar-refractivity contribution in [2.75, 3.05) is 6.79 Å². The van der Waals surface area contributed by atoms with E-state index in [1.165, 1.54) is 31.4 Å². The molecular formula is C18H16N2O8. The molecule has 1 aliphatic rings. The Morgan fingerprint density at radius 3 is 2.79 bits per heavy atom. The molecule has 0 unspecified atom stereocenters. The van der Waals surface area contributed by atoms with Gasteiger partial charge < -0.3 is 23.9 Å². The first-order valence-corrected chi connectivity index (χ1v) is 8.21. The first kappa shape index (κ1) is 19.0. The average molecular weight is 388 g/mol. The number of carbonyl (C=O) groups is 2. The number of fused-ring (bicyclic) bond motifs is 1. The zero-order valence-corrected chi connectivity index (χ0v) is 14.7. The normalized spacial score (nSPS) is 13.3. The summed E-state index contributed by atoms with van der Waals surface area (Å²) in [5.41, 5.74) is -0.112. The van der Waals surface area contributed by atoms with E-state index in [1.54, 1.807) is 12.1 Å². The summed E-state index contributed by atoms with van der Waals surface area (Å²) in [4.78, 5) is 34.5. The first-order valence-electron chi connectivity index (χ1n) is 8.21. The fraction of sp³-hybridized carbons (Fsp3) is 0.222. The molecule has 2 aromatic rings. The molecule has 3 rings (SSSR count). The zero-order valence-electron chi connectivity index (χ0n) is 14.7. The molecule has 0 spiro atoms. The van der Waals surface area contributed by atoms with Crippen LogP contribution in [0.5, 0.6) is 11.5 Å². The minimum Gasteiger partial charge on any atom is -0.467 e. The molecule has 28 heavy (non-hydrogen) atoms. The number of hydrogen-bond donors (Lipinski definition) is 1. The lowest BCUT2D eigenvalue weighted by Crippen LogP contribution is -2.35. The van der Waals surface area contributed by atoms with Crippen LogP contribution in [0.4, 0.5) is 5.69 Å². The van der Waals surface area contributed by atoms with E-state index < -0.39 is 22.9 Å². The number of benzene rings is 1. The van der Waals surface area contributed by atoms with Crippen molar-refractivity contribution in [2.45, 2.75) is 19.6 Å². The lowest BCUT2D eigenvalue weighted by atomic mass is 10.1. The van der Waals surface area contributed by atoms with Crippen LogP contribution in [0.1, 0.15) is 18.2 Å². The maximum absolute atomic E-state index is 11.9. The topological polar surface area (TPSA) is 130 Å². The van der Waals surface area contributed by atoms with Gasteiger partial charge in [0.2, 0.25) is 6.79 Å². The van der Waals surface area contributed by atoms with Crippen molar-refractivity contribution in [2.24, 2.45) is 0 Å². The Hall–Kier alpha value is -3.82. The third-order valence-corrected chi connectivity index (χ3v) is 3.80. The second kappa shape index (κ2) is 8.25. The van der Waals surface area contributed by atoms with Gasteiger partial charge in [0.15, 0.2) is 17.6 Å². The molecule has 1 aromatic carbocycles. The smallest absolute Gasteiger partial charge is 0.331 e. The lowest BCUT2D eigenvalue weighted by molar-refractivity contribution is -0.385. The van der Waals surface area contributed by atoms with Crippen molar-refractivity contribution in [3.8, 4) is 11.5 Å². The summed E-state index contributed by atoms with van der Waals surface area (Å²) in [5, 5.41) is 13.8. The quantitative estimate of drug-likeness (QED) is 0.331. The number of nitrogens with zero attached hydrogens (tertiary/aromatic N) is 1. The summed E-state index contributed by atoms with van der Waals surface area (Å²) in [6, 6.07) is 5.99. The summed E-state index contributed by atoms with van der Waals surface area (Å²) in [5.74, 6) is -0.181. The molecule has 1 atom stereocenters. The van der Waals surface area contributed by atoms with Gasteiger partial charge in [-0.05, 0) is 31.2 Å². The van der Waals surface area contributed by atoms with Gasteiger partial charge in [0, 0.05) is 6.08 Å². The van der Waals surface area contributed by atoms with E-state index in [9.17, 15) is 19.7 Å². The average Bonchev–Trinajstić information content (AvgIpc) is 3.34. The van der Waals surface area contributed by atoms with Gasteiger partial charge in [0.1, 0.15) is 5.76 Å². The minimum absolute atomic E-state index is 0.0354. The SMILES string of the molecule is C[C@H](OC(=O)/C=C/c1cc2c(cc1[N+](=O)[O-])OCO2)C(=O)NCc1ccco1. The fourth-order valence-corrected chi connectivity index (χ4v) is 2.39. The second-order valence-electron chi connectivity index (χ2n) is 5.73. The van der Waals surface area contributed by atoms with Crippen LogP contribution in [0.2, 0.25) is 0 Å². The Morgan fingerprint density at radius 2 is 2.11 bits per heavy atom. The monoisotopic (exact) mass is 388 g/mol. The molecule has 1 amide bonds. The van der Waals surface area contributed by atoms with E-state index in [1.807, 2.05) is 0 Å². The Labute approximate surface area is 158 Å². The van der Waals surface area contributed by atoms with Gasteiger partial charge in [-0.2, -0.15) is 0 Å². The van der Waals surface area contributed by atoms with E-state index >= 15 is 0 Å². The van der Waals surface area contributed by atoms with Gasteiger partial charge in [-0.25, -0.2) is 4.79 Å². The Bertz CT molecular complexity index is 920. The van der Waals surface area contributed by atoms with Crippen molar-refractivity contribution in [3.63, 3.8) is 0 Å². The van der Waals surface area contributed by atoms with Crippen LogP contribution < -0.4 is 14.8 Å². The van der Waals surface area contributed by atoms with Crippen LogP contribution in [0, 0.1) is 10.1 Å². The number of nitro benzene ring substituents is 1. The number of ether oxygens (including phenoxy) is 3. The number of furan rings is 1. The maximum atomic E-state index is 11.9. The number of carbonyl (C=O) groups excluding carboxylic acids is 2. The molecular weight excluding hydrogens is 372 g/mol. The van der Waals surface area contributed by atoms with Crippen LogP contribution in [0.3, 0.4) is 0 Å². The minimum atomic E-state index is -1.06. The molecule has 0 aliphatic carbocycles. The molecule has 1 N–H and O–H groups in total. The van der Waals surface area contributed by atoms with Crippen molar-refractivity contribution < 1.29 is 33.1 Å². The van der Waals surface area contributed by atoms with Gasteiger partial charge in [0.05, 0.1) is 29.4 Å². The van der Waals surface area contributed by atoms with Gasteiger partial charge in [-0.1, -0.05) is 0 Å². The summed E-state index contributed by atoms with van der Waals surface area (Å²) in [6.45, 7) is 1.53. The van der Waals surface area contributed by atoms with Crippen LogP contribution in [-0.2, 0) is 20.9 Å². The highest BCUT2D eigenvalue weighted by Crippen LogP contribution is 2.38. The Morgan fingerprint density at radius 1 is 1.36 bits per heavy atom. The third-order valence-electron chi connectivity index (χ3n) is 3.80. The molecule has 0 saturated carbocycles. The highest BCUT2D eigenvalue weighted by atomic mass is 16.7. The van der Waals surface area contributed by atoms with Gasteiger partial charge in [-0.3, -0.25) is 14.9 Å². The van der Waals surface area contributed by atoms with Crippen LogP contribution in [0.25, 0.3) is 6.08 Å². The third kappa shape index (κ3) is 4.47. The van der Waals surface area contributed by atoms with Crippen LogP contribution in [0.15, 0.2) is 41.0 Å². The summed E-state index contributed by atoms with van der Waals surface area (Å²) < 4.78 is 20.4. The first-order chi connectivity index (χ1) is 13.4. The second-order valence-corrected chi connectivity index (χ2v) is 5.73. The highest BCUT2D eigenvalue weighted by Gasteiger charge is 2.22.